The summed E-state index contributed by atoms with van der Waals surface area (Å²) in [6.45, 7) is 0. The smallest absolute Gasteiger partial charge is 0.249 e. The van der Waals surface area contributed by atoms with Gasteiger partial charge in [-0.05, 0) is 22.6 Å². The van der Waals surface area contributed by atoms with E-state index in [2.05, 4.69) is 0 Å². The molecule has 12 heavy (non-hydrogen) atoms. The highest BCUT2D eigenvalue weighted by molar-refractivity contribution is 14.1. The SMILES string of the molecule is COC(I)([C]=O)c1ccccc1. The van der Waals surface area contributed by atoms with Crippen LogP contribution in [0.25, 0.3) is 0 Å². The summed E-state index contributed by atoms with van der Waals surface area (Å²) in [5.74, 6) is 0. The molecule has 0 aliphatic carbocycles. The number of hydrogen-bond acceptors (Lipinski definition) is 2. The van der Waals surface area contributed by atoms with Crippen LogP contribution >= 0.6 is 22.6 Å². The van der Waals surface area contributed by atoms with Gasteiger partial charge in [0.25, 0.3) is 0 Å². The van der Waals surface area contributed by atoms with Gasteiger partial charge < -0.3 is 4.74 Å². The lowest BCUT2D eigenvalue weighted by Gasteiger charge is -2.17. The van der Waals surface area contributed by atoms with Gasteiger partial charge in [-0.15, -0.1) is 0 Å². The fourth-order valence-corrected chi connectivity index (χ4v) is 1.23. The molecule has 2 nitrogen and oxygen atoms in total. The number of rotatable bonds is 3. The molecule has 0 aliphatic heterocycles. The Morgan fingerprint density at radius 2 is 2.00 bits per heavy atom. The molecule has 3 heteroatoms. The Balaban J connectivity index is 3.03. The zero-order valence-corrected chi connectivity index (χ0v) is 8.74. The maximum Gasteiger partial charge on any atom is 0.249 e. The molecule has 0 spiro atoms. The van der Waals surface area contributed by atoms with Gasteiger partial charge in [-0.1, -0.05) is 30.3 Å². The van der Waals surface area contributed by atoms with E-state index in [-0.39, 0.29) is 0 Å². The summed E-state index contributed by atoms with van der Waals surface area (Å²) in [4.78, 5) is 10.6. The molecule has 0 N–H and O–H groups in total. The van der Waals surface area contributed by atoms with E-state index in [9.17, 15) is 4.79 Å². The van der Waals surface area contributed by atoms with Gasteiger partial charge in [0.2, 0.25) is 9.89 Å². The minimum atomic E-state index is -0.959. The Morgan fingerprint density at radius 1 is 1.42 bits per heavy atom. The van der Waals surface area contributed by atoms with Crippen LogP contribution in [0, 0.1) is 0 Å². The first-order valence-electron chi connectivity index (χ1n) is 3.42. The van der Waals surface area contributed by atoms with Crippen molar-refractivity contribution in [1.82, 2.24) is 0 Å². The highest BCUT2D eigenvalue weighted by Crippen LogP contribution is 2.29. The van der Waals surface area contributed by atoms with Crippen LogP contribution in [0.4, 0.5) is 0 Å². The lowest BCUT2D eigenvalue weighted by Crippen LogP contribution is -2.21. The zero-order chi connectivity index (χ0) is 9.03. The average molecular weight is 275 g/mol. The third-order valence-corrected chi connectivity index (χ3v) is 2.84. The van der Waals surface area contributed by atoms with Gasteiger partial charge in [0.05, 0.1) is 0 Å². The van der Waals surface area contributed by atoms with Crippen molar-refractivity contribution in [3.8, 4) is 0 Å². The second kappa shape index (κ2) is 4.00. The molecule has 0 aromatic heterocycles. The van der Waals surface area contributed by atoms with E-state index in [4.69, 9.17) is 4.74 Å². The van der Waals surface area contributed by atoms with Crippen molar-refractivity contribution < 1.29 is 9.53 Å². The van der Waals surface area contributed by atoms with Crippen LogP contribution in [0.1, 0.15) is 5.56 Å². The van der Waals surface area contributed by atoms with Crippen molar-refractivity contribution in [2.24, 2.45) is 0 Å². The van der Waals surface area contributed by atoms with Crippen LogP contribution in [-0.2, 0) is 13.1 Å². The molecule has 1 atom stereocenters. The Kier molecular flexibility index (Phi) is 3.22. The lowest BCUT2D eigenvalue weighted by molar-refractivity contribution is 0.139. The van der Waals surface area contributed by atoms with Crippen molar-refractivity contribution in [2.75, 3.05) is 7.11 Å². The Bertz CT molecular complexity index is 260. The topological polar surface area (TPSA) is 26.3 Å². The second-order valence-electron chi connectivity index (χ2n) is 2.27. The summed E-state index contributed by atoms with van der Waals surface area (Å²) < 4.78 is 4.08. The van der Waals surface area contributed by atoms with Gasteiger partial charge in [-0.25, -0.2) is 0 Å². The van der Waals surface area contributed by atoms with Crippen molar-refractivity contribution >= 4 is 28.9 Å². The summed E-state index contributed by atoms with van der Waals surface area (Å²) in [7, 11) is 1.49. The Morgan fingerprint density at radius 3 is 2.42 bits per heavy atom. The summed E-state index contributed by atoms with van der Waals surface area (Å²) >= 11 is 1.92. The molecule has 1 aromatic carbocycles. The van der Waals surface area contributed by atoms with E-state index in [1.807, 2.05) is 59.2 Å². The van der Waals surface area contributed by atoms with Crippen LogP contribution in [0.5, 0.6) is 0 Å². The van der Waals surface area contributed by atoms with E-state index in [1.165, 1.54) is 7.11 Å². The van der Waals surface area contributed by atoms with E-state index in [0.29, 0.717) is 0 Å². The van der Waals surface area contributed by atoms with Crippen molar-refractivity contribution in [2.45, 2.75) is 3.61 Å². The van der Waals surface area contributed by atoms with E-state index < -0.39 is 3.61 Å². The number of ether oxygens (including phenoxy) is 1. The molecule has 0 saturated heterocycles. The lowest BCUT2D eigenvalue weighted by atomic mass is 10.1. The molecule has 0 heterocycles. The summed E-state index contributed by atoms with van der Waals surface area (Å²) in [6.07, 6.45) is 1.86. The largest absolute Gasteiger partial charge is 0.356 e. The van der Waals surface area contributed by atoms with Gasteiger partial charge in [0.15, 0.2) is 0 Å². The number of carbonyl (C=O) groups excluding carboxylic acids is 1. The van der Waals surface area contributed by atoms with Gasteiger partial charge in [0.1, 0.15) is 0 Å². The fourth-order valence-electron chi connectivity index (χ4n) is 0.871. The van der Waals surface area contributed by atoms with E-state index in [1.54, 1.807) is 0 Å². The number of hydrogen-bond donors (Lipinski definition) is 0. The number of alkyl halides is 1. The minimum Gasteiger partial charge on any atom is -0.356 e. The molecule has 1 unspecified atom stereocenters. The maximum atomic E-state index is 10.6. The van der Waals surface area contributed by atoms with Gasteiger partial charge in [-0.3, -0.25) is 4.79 Å². The standard InChI is InChI=1S/C9H8IO2/c1-12-9(10,7-11)8-5-3-2-4-6-8/h2-6H,1H3. The third-order valence-electron chi connectivity index (χ3n) is 1.56. The monoisotopic (exact) mass is 275 g/mol. The molecule has 0 bridgehead atoms. The molecule has 0 fully saturated rings. The van der Waals surface area contributed by atoms with E-state index in [0.717, 1.165) is 5.56 Å². The number of methoxy groups -OCH3 is 1. The first-order valence-corrected chi connectivity index (χ1v) is 4.49. The Hall–Kier alpha value is -0.420. The van der Waals surface area contributed by atoms with Crippen LogP contribution in [0.3, 0.4) is 0 Å². The molecular weight excluding hydrogens is 267 g/mol. The predicted octanol–water partition coefficient (Wildman–Crippen LogP) is 2.03. The predicted molar refractivity (Wildman–Crippen MR) is 54.8 cm³/mol. The maximum absolute atomic E-state index is 10.6. The highest BCUT2D eigenvalue weighted by Gasteiger charge is 2.28. The zero-order valence-electron chi connectivity index (χ0n) is 6.58. The summed E-state index contributed by atoms with van der Waals surface area (Å²) in [6, 6.07) is 9.28. The molecular formula is C9H8IO2. The molecule has 0 amide bonds. The van der Waals surface area contributed by atoms with Gasteiger partial charge >= 0.3 is 0 Å². The molecule has 0 saturated carbocycles. The first kappa shape index (κ1) is 9.67. The normalized spacial score (nSPS) is 15.2. The van der Waals surface area contributed by atoms with Crippen molar-refractivity contribution in [3.05, 3.63) is 35.9 Å². The summed E-state index contributed by atoms with van der Waals surface area (Å²) in [5, 5.41) is 0. The van der Waals surface area contributed by atoms with Gasteiger partial charge in [0, 0.05) is 12.7 Å². The number of halogens is 1. The number of benzene rings is 1. The fraction of sp³-hybridized carbons (Fsp3) is 0.222. The highest BCUT2D eigenvalue weighted by atomic mass is 127. The molecule has 1 rings (SSSR count). The third kappa shape index (κ3) is 1.84. The van der Waals surface area contributed by atoms with Crippen LogP contribution in [0.2, 0.25) is 0 Å². The summed E-state index contributed by atoms with van der Waals surface area (Å²) in [5.41, 5.74) is 0.808. The van der Waals surface area contributed by atoms with Gasteiger partial charge in [-0.2, -0.15) is 0 Å². The Labute approximate surface area is 85.1 Å². The van der Waals surface area contributed by atoms with Crippen LogP contribution in [-0.4, -0.2) is 13.4 Å². The average Bonchev–Trinajstić information content (AvgIpc) is 2.18. The molecule has 1 aromatic rings. The first-order chi connectivity index (χ1) is 5.73. The molecule has 63 valence electrons. The van der Waals surface area contributed by atoms with Crippen LogP contribution in [0.15, 0.2) is 30.3 Å². The molecule has 0 aliphatic rings. The van der Waals surface area contributed by atoms with Crippen LogP contribution < -0.4 is 0 Å². The van der Waals surface area contributed by atoms with Crippen molar-refractivity contribution in [1.29, 1.82) is 0 Å². The van der Waals surface area contributed by atoms with E-state index >= 15 is 0 Å². The van der Waals surface area contributed by atoms with Crippen molar-refractivity contribution in [3.63, 3.8) is 0 Å². The quantitative estimate of drug-likeness (QED) is 0.623. The second-order valence-corrected chi connectivity index (χ2v) is 3.79. The minimum absolute atomic E-state index is 0.808. The molecule has 1 radical (unpaired) electrons.